The highest BCUT2D eigenvalue weighted by atomic mass is 32.2. The Morgan fingerprint density at radius 3 is 2.62 bits per heavy atom. The van der Waals surface area contributed by atoms with Gasteiger partial charge in [0.15, 0.2) is 0 Å². The summed E-state index contributed by atoms with van der Waals surface area (Å²) in [7, 11) is -3.86. The maximum atomic E-state index is 14.0. The van der Waals surface area contributed by atoms with Crippen LogP contribution in [0, 0.1) is 11.8 Å². The van der Waals surface area contributed by atoms with Crippen LogP contribution in [0.1, 0.15) is 76.3 Å². The van der Waals surface area contributed by atoms with Crippen molar-refractivity contribution < 1.29 is 37.1 Å². The summed E-state index contributed by atoms with van der Waals surface area (Å²) in [6.45, 7) is 3.42. The molecule has 3 aliphatic carbocycles. The van der Waals surface area contributed by atoms with Gasteiger partial charge in [-0.2, -0.15) is 0 Å². The molecule has 13 nitrogen and oxygen atoms in total. The van der Waals surface area contributed by atoms with Crippen LogP contribution in [-0.4, -0.2) is 84.2 Å². The summed E-state index contributed by atoms with van der Waals surface area (Å²) >= 11 is 0. The number of sulfonamides is 1. The SMILES string of the molecule is C=C[C@@H]1C[C@]1(NC(=O)[C@@H]1C[C@@H]2CN1C(=O)CNC(=O)O[C@@H]1CCC[C@H]1CCCCCc1nc3ccccc3cc1O2)C(=O)NS(=O)(=O)C1CC1. The zero-order valence-electron chi connectivity index (χ0n) is 28.1. The number of alkyl carbamates (subject to hydrolysis) is 1. The molecule has 1 aromatic carbocycles. The lowest BCUT2D eigenvalue weighted by Crippen LogP contribution is -2.57. The molecule has 7 rings (SSSR count). The predicted octanol–water partition coefficient (Wildman–Crippen LogP) is 3.26. The summed E-state index contributed by atoms with van der Waals surface area (Å²) in [5, 5.41) is 5.66. The normalized spacial score (nSPS) is 30.4. The molecule has 4 fully saturated rings. The van der Waals surface area contributed by atoms with Gasteiger partial charge in [-0.05, 0) is 75.8 Å². The summed E-state index contributed by atoms with van der Waals surface area (Å²) in [6, 6.07) is 8.69. The first-order valence-corrected chi connectivity index (χ1v) is 19.4. The Labute approximate surface area is 292 Å². The Bertz CT molecular complexity index is 1800. The monoisotopic (exact) mass is 707 g/mol. The molecular weight excluding hydrogens is 662 g/mol. The second kappa shape index (κ2) is 13.8. The fourth-order valence-electron chi connectivity index (χ4n) is 7.82. The first-order valence-electron chi connectivity index (χ1n) is 17.9. The van der Waals surface area contributed by atoms with Gasteiger partial charge in [-0.3, -0.25) is 19.1 Å². The smallest absolute Gasteiger partial charge is 0.407 e. The third-order valence-electron chi connectivity index (χ3n) is 10.9. The van der Waals surface area contributed by atoms with Gasteiger partial charge < -0.3 is 25.0 Å². The number of nitrogens with one attached hydrogen (secondary N) is 3. The van der Waals surface area contributed by atoms with E-state index in [4.69, 9.17) is 14.5 Å². The number of benzene rings is 1. The number of nitrogens with zero attached hydrogens (tertiary/aromatic N) is 2. The van der Waals surface area contributed by atoms with Crippen molar-refractivity contribution in [1.82, 2.24) is 25.2 Å². The lowest BCUT2D eigenvalue weighted by Gasteiger charge is -2.26. The van der Waals surface area contributed by atoms with E-state index in [9.17, 15) is 27.6 Å². The molecular formula is C36H45N5O8S. The molecule has 3 saturated carbocycles. The van der Waals surface area contributed by atoms with E-state index in [-0.39, 0.29) is 31.4 Å². The lowest BCUT2D eigenvalue weighted by molar-refractivity contribution is -0.139. The van der Waals surface area contributed by atoms with Crippen molar-refractivity contribution in [3.05, 3.63) is 48.7 Å². The van der Waals surface area contributed by atoms with Crippen LogP contribution in [0.15, 0.2) is 43.0 Å². The standard InChI is InChI=1S/C36H45N5O8S/c1-2-24-19-36(24,34(44)40-50(46,47)26-15-16-26)39-33(43)29-18-25-21-41(29)32(42)20-37-35(45)49-30-14-8-11-22(30)9-4-3-5-13-28-31(48-25)17-23-10-6-7-12-27(23)38-28/h2,6-7,10,12,17,22,24-26,29-30H,1,3-5,8-9,11,13-16,18-21H2,(H,37,45)(H,39,43)(H,40,44)/t22-,24-,25-,29+,30-,36-/m1/s1. The Kier molecular flexibility index (Phi) is 9.48. The molecule has 5 aliphatic rings. The highest BCUT2D eigenvalue weighted by molar-refractivity contribution is 7.91. The number of ether oxygens (including phenoxy) is 2. The van der Waals surface area contributed by atoms with Crippen molar-refractivity contribution >= 4 is 44.7 Å². The molecule has 3 N–H and O–H groups in total. The molecule has 2 aliphatic heterocycles. The molecule has 3 heterocycles. The number of aromatic nitrogens is 1. The number of hydrogen-bond acceptors (Lipinski definition) is 9. The zero-order valence-corrected chi connectivity index (χ0v) is 28.9. The zero-order chi connectivity index (χ0) is 35.0. The first-order chi connectivity index (χ1) is 24.1. The second-order valence-corrected chi connectivity index (χ2v) is 16.4. The van der Waals surface area contributed by atoms with Crippen LogP contribution in [0.5, 0.6) is 5.75 Å². The summed E-state index contributed by atoms with van der Waals surface area (Å²) in [5.74, 6) is -1.57. The van der Waals surface area contributed by atoms with E-state index in [1.165, 1.54) is 11.0 Å². The molecule has 50 heavy (non-hydrogen) atoms. The summed E-state index contributed by atoms with van der Waals surface area (Å²) in [4.78, 5) is 60.2. The Balaban J connectivity index is 1.15. The second-order valence-electron chi connectivity index (χ2n) is 14.4. The molecule has 6 atom stereocenters. The first kappa shape index (κ1) is 34.3. The molecule has 268 valence electrons. The number of pyridine rings is 1. The van der Waals surface area contributed by atoms with Gasteiger partial charge >= 0.3 is 6.09 Å². The third kappa shape index (κ3) is 7.17. The Morgan fingerprint density at radius 1 is 1.04 bits per heavy atom. The topological polar surface area (TPSA) is 173 Å². The maximum Gasteiger partial charge on any atom is 0.407 e. The number of hydrogen-bond donors (Lipinski definition) is 3. The van der Waals surface area contributed by atoms with Gasteiger partial charge in [0.2, 0.25) is 21.8 Å². The predicted molar refractivity (Wildman–Crippen MR) is 183 cm³/mol. The lowest BCUT2D eigenvalue weighted by atomic mass is 9.97. The van der Waals surface area contributed by atoms with Crippen molar-refractivity contribution in [3.63, 3.8) is 0 Å². The molecule has 1 aromatic heterocycles. The fraction of sp³-hybridized carbons (Fsp3) is 0.583. The van der Waals surface area contributed by atoms with Crippen LogP contribution in [0.3, 0.4) is 0 Å². The third-order valence-corrected chi connectivity index (χ3v) is 12.7. The van der Waals surface area contributed by atoms with Gasteiger partial charge in [-0.25, -0.2) is 18.2 Å². The maximum absolute atomic E-state index is 14.0. The van der Waals surface area contributed by atoms with Crippen molar-refractivity contribution in [2.24, 2.45) is 11.8 Å². The molecule has 2 aromatic rings. The van der Waals surface area contributed by atoms with Gasteiger partial charge in [-0.1, -0.05) is 37.1 Å². The number of rotatable bonds is 6. The summed E-state index contributed by atoms with van der Waals surface area (Å²) in [5.41, 5.74) is 0.160. The van der Waals surface area contributed by atoms with E-state index in [1.807, 2.05) is 30.3 Å². The minimum absolute atomic E-state index is 0.0464. The van der Waals surface area contributed by atoms with Crippen molar-refractivity contribution in [2.45, 2.75) is 106 Å². The molecule has 0 spiro atoms. The molecule has 2 bridgehead atoms. The van der Waals surface area contributed by atoms with Crippen molar-refractivity contribution in [3.8, 4) is 5.75 Å². The van der Waals surface area contributed by atoms with Crippen LogP contribution in [0.25, 0.3) is 10.9 Å². The largest absolute Gasteiger partial charge is 0.487 e. The van der Waals surface area contributed by atoms with E-state index in [1.54, 1.807) is 0 Å². The molecule has 4 amide bonds. The summed E-state index contributed by atoms with van der Waals surface area (Å²) < 4.78 is 39.7. The van der Waals surface area contributed by atoms with Gasteiger partial charge in [0.05, 0.1) is 23.0 Å². The van der Waals surface area contributed by atoms with Crippen LogP contribution in [0.2, 0.25) is 0 Å². The highest BCUT2D eigenvalue weighted by Gasteiger charge is 2.62. The highest BCUT2D eigenvalue weighted by Crippen LogP contribution is 2.45. The van der Waals surface area contributed by atoms with E-state index in [0.29, 0.717) is 25.0 Å². The average molecular weight is 708 g/mol. The van der Waals surface area contributed by atoms with E-state index in [0.717, 1.165) is 61.5 Å². The van der Waals surface area contributed by atoms with E-state index < -0.39 is 69.2 Å². The van der Waals surface area contributed by atoms with Crippen LogP contribution < -0.4 is 20.1 Å². The Hall–Kier alpha value is -4.20. The number of carbonyl (C=O) groups excluding carboxylic acids is 4. The molecule has 0 unspecified atom stereocenters. The number of para-hydroxylation sites is 1. The minimum Gasteiger partial charge on any atom is -0.487 e. The summed E-state index contributed by atoms with van der Waals surface area (Å²) in [6.07, 6.45) is 8.56. The van der Waals surface area contributed by atoms with Crippen LogP contribution in [0.4, 0.5) is 4.79 Å². The minimum atomic E-state index is -3.86. The van der Waals surface area contributed by atoms with E-state index >= 15 is 0 Å². The Morgan fingerprint density at radius 2 is 1.84 bits per heavy atom. The average Bonchev–Trinajstić information content (AvgIpc) is 3.99. The number of carbonyl (C=O) groups is 4. The van der Waals surface area contributed by atoms with Gasteiger partial charge in [-0.15, -0.1) is 6.58 Å². The molecule has 14 heteroatoms. The van der Waals surface area contributed by atoms with Gasteiger partial charge in [0, 0.05) is 17.7 Å². The van der Waals surface area contributed by atoms with Crippen LogP contribution in [-0.2, 0) is 35.6 Å². The van der Waals surface area contributed by atoms with Crippen LogP contribution >= 0.6 is 0 Å². The van der Waals surface area contributed by atoms with Gasteiger partial charge in [0.25, 0.3) is 5.91 Å². The fourth-order valence-corrected chi connectivity index (χ4v) is 9.18. The quantitative estimate of drug-likeness (QED) is 0.381. The van der Waals surface area contributed by atoms with Crippen molar-refractivity contribution in [2.75, 3.05) is 13.1 Å². The molecule has 1 saturated heterocycles. The van der Waals surface area contributed by atoms with E-state index in [2.05, 4.69) is 21.9 Å². The van der Waals surface area contributed by atoms with Crippen molar-refractivity contribution in [1.29, 1.82) is 0 Å². The van der Waals surface area contributed by atoms with Gasteiger partial charge in [0.1, 0.15) is 36.1 Å². The molecule has 0 radical (unpaired) electrons. The number of fused-ring (bicyclic) bond motifs is 5. The number of aryl methyl sites for hydroxylation is 1. The number of amides is 4.